The molecule has 0 aliphatic heterocycles. The molecule has 0 saturated heterocycles. The molecule has 0 bridgehead atoms. The lowest BCUT2D eigenvalue weighted by Gasteiger charge is -2.18. The number of carboxylic acids is 1. The fourth-order valence-electron chi connectivity index (χ4n) is 6.76. The largest absolute Gasteiger partial charge is 0.480 e. The van der Waals surface area contributed by atoms with E-state index in [-0.39, 0.29) is 128 Å². The molecule has 390 valence electrons. The van der Waals surface area contributed by atoms with Crippen molar-refractivity contribution in [2.45, 2.75) is 160 Å². The summed E-state index contributed by atoms with van der Waals surface area (Å²) in [6.45, 7) is 3.32. The van der Waals surface area contributed by atoms with E-state index in [9.17, 15) is 38.7 Å². The minimum absolute atomic E-state index is 0.0200. The highest BCUT2D eigenvalue weighted by atomic mass is 16.5. The number of hydrogen-bond donors (Lipinski definition) is 10. The number of aliphatic carboxylic acids is 1. The van der Waals surface area contributed by atoms with E-state index in [4.69, 9.17) is 35.5 Å². The lowest BCUT2D eigenvalue weighted by atomic mass is 10.0. The summed E-state index contributed by atoms with van der Waals surface area (Å²) in [5.74, 6) is -3.47. The van der Waals surface area contributed by atoms with E-state index in [1.807, 2.05) is 0 Å². The number of Topliss-reactive ketones (excluding diaryl/α,β-unsaturated/α-hetero) is 1. The van der Waals surface area contributed by atoms with Gasteiger partial charge in [0.1, 0.15) is 25.3 Å². The van der Waals surface area contributed by atoms with E-state index in [2.05, 4.69) is 38.8 Å². The van der Waals surface area contributed by atoms with Crippen LogP contribution in [-0.4, -0.2) is 162 Å². The number of aliphatic hydroxyl groups excluding tert-OH is 1. The first-order valence-corrected chi connectivity index (χ1v) is 24.7. The van der Waals surface area contributed by atoms with Crippen molar-refractivity contribution in [3.8, 4) is 0 Å². The number of nitrogens with two attached hydrogens (primary N) is 2. The van der Waals surface area contributed by atoms with Gasteiger partial charge in [-0.1, -0.05) is 96.8 Å². The number of nitrogens with one attached hydrogen (secondary N) is 6. The van der Waals surface area contributed by atoms with Crippen LogP contribution in [0, 0.1) is 0 Å². The molecule has 5 amide bonds. The van der Waals surface area contributed by atoms with Crippen molar-refractivity contribution in [1.82, 2.24) is 31.9 Å². The first-order chi connectivity index (χ1) is 32.4. The normalized spacial score (nSPS) is 12.5. The number of carboxylic acid groups (broad SMARTS) is 1. The maximum Gasteiger partial charge on any atom is 0.326 e. The lowest BCUT2D eigenvalue weighted by Crippen LogP contribution is -2.50. The van der Waals surface area contributed by atoms with E-state index < -0.39 is 36.6 Å². The lowest BCUT2D eigenvalue weighted by molar-refractivity contribution is -0.142. The third kappa shape index (κ3) is 40.9. The second-order valence-electron chi connectivity index (χ2n) is 16.5. The Kier molecular flexibility index (Phi) is 43.3. The summed E-state index contributed by atoms with van der Waals surface area (Å²) in [4.78, 5) is 83.9. The van der Waals surface area contributed by atoms with E-state index in [1.165, 1.54) is 70.6 Å². The molecular weight excluding hydrogens is 873 g/mol. The second-order valence-corrected chi connectivity index (χ2v) is 16.5. The number of carbonyl (C=O) groups is 7. The van der Waals surface area contributed by atoms with Gasteiger partial charge in [-0.25, -0.2) is 4.79 Å². The second kappa shape index (κ2) is 45.9. The first-order valence-electron chi connectivity index (χ1n) is 24.7. The van der Waals surface area contributed by atoms with Crippen LogP contribution in [-0.2, 0) is 52.5 Å². The minimum atomic E-state index is -1.17. The van der Waals surface area contributed by atoms with Crippen LogP contribution >= 0.6 is 0 Å². The summed E-state index contributed by atoms with van der Waals surface area (Å²) in [5.41, 5.74) is 10.7. The van der Waals surface area contributed by atoms with Gasteiger partial charge in [-0.2, -0.15) is 0 Å². The van der Waals surface area contributed by atoms with Gasteiger partial charge in [0.25, 0.3) is 0 Å². The molecular formula is C46H88N8O13. The number of primary amides is 1. The molecule has 0 saturated carbocycles. The molecule has 0 rings (SSSR count). The number of hydrogen-bond acceptors (Lipinski definition) is 15. The van der Waals surface area contributed by atoms with E-state index in [1.54, 1.807) is 0 Å². The summed E-state index contributed by atoms with van der Waals surface area (Å²) in [5, 5.41) is 34.8. The van der Waals surface area contributed by atoms with Crippen LogP contribution < -0.4 is 43.4 Å². The average Bonchev–Trinajstić information content (AvgIpc) is 3.30. The molecule has 0 radical (unpaired) electrons. The van der Waals surface area contributed by atoms with Crippen molar-refractivity contribution in [2.24, 2.45) is 11.5 Å². The van der Waals surface area contributed by atoms with Gasteiger partial charge in [-0.3, -0.25) is 39.4 Å². The molecule has 0 fully saturated rings. The predicted octanol–water partition coefficient (Wildman–Crippen LogP) is 1.06. The van der Waals surface area contributed by atoms with Gasteiger partial charge in [0.2, 0.25) is 29.5 Å². The molecule has 0 heterocycles. The zero-order valence-electron chi connectivity index (χ0n) is 40.5. The van der Waals surface area contributed by atoms with Crippen molar-refractivity contribution in [3.05, 3.63) is 0 Å². The summed E-state index contributed by atoms with van der Waals surface area (Å²) < 4.78 is 21.4. The SMILES string of the molecule is CCCCCCCCCCCCCCCCCC(=O)N[C@@H](CCC(=O)NCCOCCOCC(=O)NCCOCCOCC(=O)NCCCC[C@H](NCN)C(=O)CN[C@@H](CO)C(N)=O)C(=O)O. The molecule has 0 unspecified atom stereocenters. The highest BCUT2D eigenvalue weighted by Gasteiger charge is 2.22. The van der Waals surface area contributed by atoms with E-state index >= 15 is 0 Å². The number of rotatable bonds is 50. The molecule has 12 N–H and O–H groups in total. The molecule has 0 aromatic rings. The third-order valence-corrected chi connectivity index (χ3v) is 10.7. The number of ether oxygens (including phenoxy) is 4. The molecule has 3 atom stereocenters. The minimum Gasteiger partial charge on any atom is -0.480 e. The van der Waals surface area contributed by atoms with Crippen LogP contribution in [0.5, 0.6) is 0 Å². The van der Waals surface area contributed by atoms with Crippen LogP contribution in [0.2, 0.25) is 0 Å². The molecule has 0 aliphatic rings. The highest BCUT2D eigenvalue weighted by Crippen LogP contribution is 2.14. The Morgan fingerprint density at radius 1 is 0.507 bits per heavy atom. The number of unbranched alkanes of at least 4 members (excludes halogenated alkanes) is 15. The quantitative estimate of drug-likeness (QED) is 0.0301. The summed E-state index contributed by atoms with van der Waals surface area (Å²) in [6, 6.07) is -2.70. The van der Waals surface area contributed by atoms with Crippen molar-refractivity contribution >= 4 is 41.3 Å². The smallest absolute Gasteiger partial charge is 0.326 e. The Morgan fingerprint density at radius 3 is 1.49 bits per heavy atom. The zero-order chi connectivity index (χ0) is 49.6. The molecule has 21 heteroatoms. The Labute approximate surface area is 398 Å². The van der Waals surface area contributed by atoms with Gasteiger partial charge in [0.05, 0.1) is 58.8 Å². The van der Waals surface area contributed by atoms with E-state index in [0.717, 1.165) is 19.3 Å². The topological polar surface area (TPSA) is 321 Å². The van der Waals surface area contributed by atoms with Crippen molar-refractivity contribution < 1.29 is 62.7 Å². The maximum atomic E-state index is 12.4. The van der Waals surface area contributed by atoms with Crippen molar-refractivity contribution in [2.75, 3.05) is 92.3 Å². The Bertz CT molecular complexity index is 1320. The summed E-state index contributed by atoms with van der Waals surface area (Å²) in [6.07, 6.45) is 20.3. The van der Waals surface area contributed by atoms with Crippen molar-refractivity contribution in [3.63, 3.8) is 0 Å². The van der Waals surface area contributed by atoms with Gasteiger partial charge in [0, 0.05) is 39.1 Å². The number of amides is 5. The molecule has 21 nitrogen and oxygen atoms in total. The molecule has 0 aliphatic carbocycles. The van der Waals surface area contributed by atoms with Gasteiger partial charge in [-0.05, 0) is 32.1 Å². The molecule has 0 aromatic heterocycles. The van der Waals surface area contributed by atoms with Crippen LogP contribution in [0.25, 0.3) is 0 Å². The Balaban J connectivity index is 3.75. The van der Waals surface area contributed by atoms with Crippen molar-refractivity contribution in [1.29, 1.82) is 0 Å². The van der Waals surface area contributed by atoms with Crippen LogP contribution in [0.15, 0.2) is 0 Å². The Morgan fingerprint density at radius 2 is 1.00 bits per heavy atom. The predicted molar refractivity (Wildman–Crippen MR) is 254 cm³/mol. The summed E-state index contributed by atoms with van der Waals surface area (Å²) in [7, 11) is 0. The van der Waals surface area contributed by atoms with Gasteiger partial charge in [-0.15, -0.1) is 0 Å². The summed E-state index contributed by atoms with van der Waals surface area (Å²) >= 11 is 0. The molecule has 0 aromatic carbocycles. The maximum absolute atomic E-state index is 12.4. The number of aliphatic hydroxyl groups is 1. The highest BCUT2D eigenvalue weighted by molar-refractivity contribution is 5.87. The molecule has 0 spiro atoms. The zero-order valence-corrected chi connectivity index (χ0v) is 40.5. The fraction of sp³-hybridized carbons (Fsp3) is 0.848. The average molecular weight is 961 g/mol. The van der Waals surface area contributed by atoms with Gasteiger partial charge < -0.3 is 61.9 Å². The first kappa shape index (κ1) is 63.2. The molecule has 67 heavy (non-hydrogen) atoms. The fourth-order valence-corrected chi connectivity index (χ4v) is 6.76. The van der Waals surface area contributed by atoms with Gasteiger partial charge >= 0.3 is 5.97 Å². The number of carbonyl (C=O) groups excluding carboxylic acids is 6. The number of ketones is 1. The van der Waals surface area contributed by atoms with Crippen LogP contribution in [0.4, 0.5) is 0 Å². The van der Waals surface area contributed by atoms with E-state index in [0.29, 0.717) is 32.2 Å². The standard InChI is InChI=1S/C46H88N8O13/c1-2-3-4-5-6-7-8-9-10-11-12-13-14-15-16-20-42(58)54-38(46(62)63)21-22-41(57)50-24-26-64-28-31-67-35-44(60)51-25-27-65-29-30-66-34-43(59)49-23-18-17-19-37(53-36-47)40(56)32-52-39(33-55)45(48)61/h37-39,52-53,55H,2-36,47H2,1H3,(H2,48,61)(H,49,59)(H,50,57)(H,51,60)(H,54,58)(H,62,63)/t37-,38-,39-/m0/s1. The monoisotopic (exact) mass is 961 g/mol. The Hall–Kier alpha value is -3.83. The third-order valence-electron chi connectivity index (χ3n) is 10.7. The van der Waals surface area contributed by atoms with Crippen LogP contribution in [0.1, 0.15) is 142 Å². The van der Waals surface area contributed by atoms with Gasteiger partial charge in [0.15, 0.2) is 5.78 Å². The van der Waals surface area contributed by atoms with Crippen LogP contribution in [0.3, 0.4) is 0 Å².